The first-order valence-corrected chi connectivity index (χ1v) is 10.9. The molecule has 2 fully saturated rings. The van der Waals surface area contributed by atoms with Gasteiger partial charge < -0.3 is 25.0 Å². The van der Waals surface area contributed by atoms with Crippen molar-refractivity contribution in [2.75, 3.05) is 26.3 Å². The van der Waals surface area contributed by atoms with Crippen molar-refractivity contribution in [1.82, 2.24) is 15.5 Å². The van der Waals surface area contributed by atoms with Crippen LogP contribution in [0.15, 0.2) is 18.2 Å². The van der Waals surface area contributed by atoms with Crippen molar-refractivity contribution < 1.29 is 14.3 Å². The van der Waals surface area contributed by atoms with Crippen LogP contribution in [0.25, 0.3) is 0 Å². The second-order valence-electron chi connectivity index (χ2n) is 8.23. The molecule has 1 aromatic carbocycles. The Labute approximate surface area is 168 Å². The van der Waals surface area contributed by atoms with Gasteiger partial charge in [-0.25, -0.2) is 4.79 Å². The Balaban J connectivity index is 1.28. The molecule has 1 unspecified atom stereocenters. The zero-order valence-electron chi connectivity index (χ0n) is 16.9. The van der Waals surface area contributed by atoms with Crippen LogP contribution < -0.4 is 20.1 Å². The summed E-state index contributed by atoms with van der Waals surface area (Å²) >= 11 is 0. The molecule has 6 nitrogen and oxygen atoms in total. The van der Waals surface area contributed by atoms with Crippen LogP contribution >= 0.6 is 0 Å². The summed E-state index contributed by atoms with van der Waals surface area (Å²) in [4.78, 5) is 15.2. The summed E-state index contributed by atoms with van der Waals surface area (Å²) in [5.74, 6) is 1.55. The van der Waals surface area contributed by atoms with Crippen LogP contribution in [-0.4, -0.2) is 49.3 Å². The van der Waals surface area contributed by atoms with E-state index in [4.69, 9.17) is 9.47 Å². The minimum absolute atomic E-state index is 0.0330. The monoisotopic (exact) mass is 387 g/mol. The van der Waals surface area contributed by atoms with Gasteiger partial charge in [-0.1, -0.05) is 25.8 Å². The van der Waals surface area contributed by atoms with E-state index < -0.39 is 0 Å². The molecular formula is C22H33N3O3. The fraction of sp³-hybridized carbons (Fsp3) is 0.682. The maximum Gasteiger partial charge on any atom is 0.315 e. The van der Waals surface area contributed by atoms with Crippen molar-refractivity contribution in [3.63, 3.8) is 0 Å². The smallest absolute Gasteiger partial charge is 0.315 e. The van der Waals surface area contributed by atoms with E-state index >= 15 is 0 Å². The topological polar surface area (TPSA) is 62.8 Å². The van der Waals surface area contributed by atoms with Gasteiger partial charge in [0.15, 0.2) is 11.5 Å². The summed E-state index contributed by atoms with van der Waals surface area (Å²) in [7, 11) is 0. The third-order valence-corrected chi connectivity index (χ3v) is 6.39. The predicted molar refractivity (Wildman–Crippen MR) is 109 cm³/mol. The predicted octanol–water partition coefficient (Wildman–Crippen LogP) is 3.62. The van der Waals surface area contributed by atoms with Crippen LogP contribution in [0, 0.1) is 0 Å². The highest BCUT2D eigenvalue weighted by Crippen LogP contribution is 2.33. The molecule has 0 aromatic heterocycles. The van der Waals surface area contributed by atoms with Crippen LogP contribution in [0.3, 0.4) is 0 Å². The highest BCUT2D eigenvalue weighted by molar-refractivity contribution is 5.74. The standard InChI is InChI=1S/C22H33N3O3/c1-2-19(16-7-8-20-21(15-16)28-14-13-27-20)24-22(26)23-17-9-11-25(12-10-17)18-5-3-4-6-18/h7-8,15,17-19H,2-6,9-14H2,1H3,(H2,23,24,26). The number of nitrogens with one attached hydrogen (secondary N) is 2. The second-order valence-corrected chi connectivity index (χ2v) is 8.23. The number of carbonyl (C=O) groups excluding carboxylic acids is 1. The van der Waals surface area contributed by atoms with E-state index in [1.165, 1.54) is 25.7 Å². The number of hydrogen-bond acceptors (Lipinski definition) is 4. The lowest BCUT2D eigenvalue weighted by molar-refractivity contribution is 0.145. The molecule has 0 bridgehead atoms. The zero-order valence-corrected chi connectivity index (χ0v) is 16.9. The lowest BCUT2D eigenvalue weighted by atomic mass is 10.0. The largest absolute Gasteiger partial charge is 0.486 e. The van der Waals surface area contributed by atoms with E-state index in [1.807, 2.05) is 18.2 Å². The summed E-state index contributed by atoms with van der Waals surface area (Å²) < 4.78 is 11.3. The Morgan fingerprint density at radius 2 is 1.82 bits per heavy atom. The molecule has 1 aromatic rings. The molecule has 28 heavy (non-hydrogen) atoms. The first-order valence-electron chi connectivity index (χ1n) is 10.9. The Morgan fingerprint density at radius 1 is 1.11 bits per heavy atom. The summed E-state index contributed by atoms with van der Waals surface area (Å²) in [6.45, 7) is 5.45. The lowest BCUT2D eigenvalue weighted by Crippen LogP contribution is -2.50. The number of ether oxygens (including phenoxy) is 2. The maximum absolute atomic E-state index is 12.6. The summed E-state index contributed by atoms with van der Waals surface area (Å²) in [5, 5.41) is 6.34. The molecule has 0 spiro atoms. The van der Waals surface area contributed by atoms with Crippen LogP contribution in [0.1, 0.15) is 63.5 Å². The number of nitrogens with zero attached hydrogens (tertiary/aromatic N) is 1. The van der Waals surface area contributed by atoms with Crippen molar-refractivity contribution in [2.24, 2.45) is 0 Å². The van der Waals surface area contributed by atoms with E-state index in [-0.39, 0.29) is 18.1 Å². The average molecular weight is 388 g/mol. The van der Waals surface area contributed by atoms with E-state index in [2.05, 4.69) is 22.5 Å². The molecule has 2 heterocycles. The molecule has 4 rings (SSSR count). The molecule has 2 N–H and O–H groups in total. The van der Waals surface area contributed by atoms with Gasteiger partial charge in [0.05, 0.1) is 6.04 Å². The van der Waals surface area contributed by atoms with Crippen LogP contribution in [-0.2, 0) is 0 Å². The van der Waals surface area contributed by atoms with Crippen molar-refractivity contribution in [3.05, 3.63) is 23.8 Å². The number of fused-ring (bicyclic) bond motifs is 1. The molecule has 2 amide bonds. The number of carbonyl (C=O) groups is 1. The van der Waals surface area contributed by atoms with Crippen molar-refractivity contribution >= 4 is 6.03 Å². The molecule has 154 valence electrons. The molecule has 3 aliphatic rings. The van der Waals surface area contributed by atoms with Crippen molar-refractivity contribution in [2.45, 2.75) is 70.0 Å². The first kappa shape index (κ1) is 19.4. The van der Waals surface area contributed by atoms with E-state index in [1.54, 1.807) is 0 Å². The number of urea groups is 1. The van der Waals surface area contributed by atoms with Gasteiger partial charge in [-0.2, -0.15) is 0 Å². The summed E-state index contributed by atoms with van der Waals surface area (Å²) in [5.41, 5.74) is 1.05. The molecule has 6 heteroatoms. The van der Waals surface area contributed by atoms with Gasteiger partial charge in [0.25, 0.3) is 0 Å². The number of hydrogen-bond donors (Lipinski definition) is 2. The van der Waals surface area contributed by atoms with Gasteiger partial charge >= 0.3 is 6.03 Å². The number of piperidine rings is 1. The Hall–Kier alpha value is -1.95. The second kappa shape index (κ2) is 9.03. The van der Waals surface area contributed by atoms with Crippen molar-refractivity contribution in [3.8, 4) is 11.5 Å². The first-order chi connectivity index (χ1) is 13.7. The van der Waals surface area contributed by atoms with Gasteiger partial charge in [0.2, 0.25) is 0 Å². The fourth-order valence-electron chi connectivity index (χ4n) is 4.76. The van der Waals surface area contributed by atoms with Crippen molar-refractivity contribution in [1.29, 1.82) is 0 Å². The fourth-order valence-corrected chi connectivity index (χ4v) is 4.76. The molecule has 1 saturated carbocycles. The molecule has 1 saturated heterocycles. The van der Waals surface area contributed by atoms with E-state index in [0.717, 1.165) is 55.5 Å². The zero-order chi connectivity index (χ0) is 19.3. The normalized spacial score (nSPS) is 22.0. The molecule has 2 aliphatic heterocycles. The minimum Gasteiger partial charge on any atom is -0.486 e. The summed E-state index contributed by atoms with van der Waals surface area (Å²) in [6.07, 6.45) is 8.38. The lowest BCUT2D eigenvalue weighted by Gasteiger charge is -2.36. The van der Waals surface area contributed by atoms with Gasteiger partial charge in [0, 0.05) is 25.2 Å². The number of amides is 2. The Bertz CT molecular complexity index is 667. The average Bonchev–Trinajstić information content (AvgIpc) is 3.27. The van der Waals surface area contributed by atoms with E-state index in [9.17, 15) is 4.79 Å². The number of likely N-dealkylation sites (tertiary alicyclic amines) is 1. The maximum atomic E-state index is 12.6. The highest BCUT2D eigenvalue weighted by atomic mass is 16.6. The Kier molecular flexibility index (Phi) is 6.25. The molecular weight excluding hydrogens is 354 g/mol. The van der Waals surface area contributed by atoms with Gasteiger partial charge in [0.1, 0.15) is 13.2 Å². The van der Waals surface area contributed by atoms with E-state index in [0.29, 0.717) is 13.2 Å². The third-order valence-electron chi connectivity index (χ3n) is 6.39. The van der Waals surface area contributed by atoms with Gasteiger partial charge in [-0.3, -0.25) is 0 Å². The highest BCUT2D eigenvalue weighted by Gasteiger charge is 2.28. The third kappa shape index (κ3) is 4.54. The van der Waals surface area contributed by atoms with Crippen LogP contribution in [0.2, 0.25) is 0 Å². The molecule has 1 aliphatic carbocycles. The number of rotatable bonds is 5. The van der Waals surface area contributed by atoms with Gasteiger partial charge in [-0.05, 0) is 49.8 Å². The summed E-state index contributed by atoms with van der Waals surface area (Å²) in [6, 6.07) is 6.90. The quantitative estimate of drug-likeness (QED) is 0.810. The molecule has 0 radical (unpaired) electrons. The van der Waals surface area contributed by atoms with Crippen LogP contribution in [0.5, 0.6) is 11.5 Å². The Morgan fingerprint density at radius 3 is 2.54 bits per heavy atom. The van der Waals surface area contributed by atoms with Gasteiger partial charge in [-0.15, -0.1) is 0 Å². The minimum atomic E-state index is -0.0685. The SMILES string of the molecule is CCC(NC(=O)NC1CCN(C2CCCC2)CC1)c1ccc2c(c1)OCCO2. The molecule has 1 atom stereocenters. The van der Waals surface area contributed by atoms with Crippen LogP contribution in [0.4, 0.5) is 4.79 Å². The number of benzene rings is 1.